The van der Waals surface area contributed by atoms with Gasteiger partial charge in [0.05, 0.1) is 5.69 Å². The van der Waals surface area contributed by atoms with Crippen molar-refractivity contribution in [2.45, 2.75) is 26.1 Å². The molecule has 0 spiro atoms. The summed E-state index contributed by atoms with van der Waals surface area (Å²) in [6.45, 7) is 6.81. The predicted octanol–water partition coefficient (Wildman–Crippen LogP) is 4.21. The first-order valence-electron chi connectivity index (χ1n) is 7.22. The second-order valence-electron chi connectivity index (χ2n) is 5.72. The molecule has 1 aliphatic rings. The zero-order valence-electron chi connectivity index (χ0n) is 12.4. The van der Waals surface area contributed by atoms with Gasteiger partial charge in [0.15, 0.2) is 5.58 Å². The molecule has 105 valence electrons. The van der Waals surface area contributed by atoms with Crippen LogP contribution in [0.1, 0.15) is 12.5 Å². The van der Waals surface area contributed by atoms with Crippen LogP contribution in [0.2, 0.25) is 6.55 Å². The molecule has 0 bridgehead atoms. The van der Waals surface area contributed by atoms with Crippen molar-refractivity contribution in [2.24, 2.45) is 0 Å². The van der Waals surface area contributed by atoms with Crippen molar-refractivity contribution in [2.75, 3.05) is 4.90 Å². The van der Waals surface area contributed by atoms with Crippen molar-refractivity contribution >= 4 is 36.4 Å². The summed E-state index contributed by atoms with van der Waals surface area (Å²) in [5.41, 5.74) is 7.25. The number of rotatable bonds is 1. The van der Waals surface area contributed by atoms with E-state index < -0.39 is 8.80 Å². The lowest BCUT2D eigenvalue weighted by Gasteiger charge is -2.26. The number of hydrogen-bond acceptors (Lipinski definition) is 3. The summed E-state index contributed by atoms with van der Waals surface area (Å²) in [6, 6.07) is 6.26. The van der Waals surface area contributed by atoms with Crippen molar-refractivity contribution in [1.82, 2.24) is 4.98 Å². The van der Waals surface area contributed by atoms with Gasteiger partial charge in [0, 0.05) is 28.8 Å². The molecule has 1 radical (unpaired) electrons. The number of anilines is 1. The van der Waals surface area contributed by atoms with E-state index in [-0.39, 0.29) is 0 Å². The lowest BCUT2D eigenvalue weighted by atomic mass is 10.1. The van der Waals surface area contributed by atoms with Crippen molar-refractivity contribution < 1.29 is 4.42 Å². The number of aryl methyl sites for hydroxylation is 1. The Morgan fingerprint density at radius 2 is 2.10 bits per heavy atom. The third kappa shape index (κ3) is 1.75. The molecule has 4 rings (SSSR count). The third-order valence-corrected chi connectivity index (χ3v) is 6.72. The van der Waals surface area contributed by atoms with Gasteiger partial charge < -0.3 is 9.32 Å². The second kappa shape index (κ2) is 4.46. The van der Waals surface area contributed by atoms with E-state index in [9.17, 15) is 0 Å². The van der Waals surface area contributed by atoms with Crippen LogP contribution >= 0.6 is 0 Å². The van der Waals surface area contributed by atoms with E-state index in [1.165, 1.54) is 11.3 Å². The summed E-state index contributed by atoms with van der Waals surface area (Å²) in [4.78, 5) is 6.61. The van der Waals surface area contributed by atoms with Gasteiger partial charge in [-0.2, -0.15) is 0 Å². The van der Waals surface area contributed by atoms with E-state index in [0.717, 1.165) is 21.9 Å². The standard InChI is InChI=1S/C17H17N2OSi/c1-11-4-5-13-14-10-18-7-6-15(14)20-17(13)16(11)19-8-9-21(3)12(19)2/h4-10,12H,1-3H3/t12-/m1/s1. The maximum Gasteiger partial charge on any atom is 0.159 e. The molecule has 1 aromatic carbocycles. The lowest BCUT2D eigenvalue weighted by Crippen LogP contribution is -2.33. The quantitative estimate of drug-likeness (QED) is 0.629. The molecule has 1 atom stereocenters. The molecule has 4 heteroatoms. The summed E-state index contributed by atoms with van der Waals surface area (Å²) in [5.74, 6) is 0. The van der Waals surface area contributed by atoms with Crippen LogP contribution in [0.4, 0.5) is 5.69 Å². The Morgan fingerprint density at radius 1 is 1.24 bits per heavy atom. The summed E-state index contributed by atoms with van der Waals surface area (Å²) >= 11 is 0. The average molecular weight is 293 g/mol. The molecule has 0 unspecified atom stereocenters. The van der Waals surface area contributed by atoms with Crippen LogP contribution < -0.4 is 4.90 Å². The molecule has 2 aromatic heterocycles. The fourth-order valence-electron chi connectivity index (χ4n) is 3.04. The maximum absolute atomic E-state index is 6.16. The number of nitrogens with zero attached hydrogens (tertiary/aromatic N) is 2. The Morgan fingerprint density at radius 3 is 2.86 bits per heavy atom. The highest BCUT2D eigenvalue weighted by Crippen LogP contribution is 2.39. The minimum Gasteiger partial charge on any atom is -0.454 e. The summed E-state index contributed by atoms with van der Waals surface area (Å²) in [5, 5.41) is 2.24. The van der Waals surface area contributed by atoms with Gasteiger partial charge in [-0.1, -0.05) is 24.4 Å². The van der Waals surface area contributed by atoms with Crippen LogP contribution in [0.15, 0.2) is 46.9 Å². The Bertz CT molecular complexity index is 868. The normalized spacial score (nSPS) is 19.2. The second-order valence-corrected chi connectivity index (χ2v) is 8.38. The molecule has 0 N–H and O–H groups in total. The molecular weight excluding hydrogens is 276 g/mol. The molecule has 0 saturated heterocycles. The molecular formula is C17H17N2OSi. The lowest BCUT2D eigenvalue weighted by molar-refractivity contribution is 0.666. The van der Waals surface area contributed by atoms with Crippen LogP contribution in [0.5, 0.6) is 0 Å². The van der Waals surface area contributed by atoms with Crippen LogP contribution in [0.3, 0.4) is 0 Å². The van der Waals surface area contributed by atoms with E-state index in [4.69, 9.17) is 4.42 Å². The number of aromatic nitrogens is 1. The van der Waals surface area contributed by atoms with Gasteiger partial charge in [0.25, 0.3) is 0 Å². The molecule has 0 fully saturated rings. The Labute approximate surface area is 125 Å². The molecule has 1 aliphatic heterocycles. The molecule has 0 amide bonds. The van der Waals surface area contributed by atoms with Crippen molar-refractivity contribution in [3.63, 3.8) is 0 Å². The molecule has 0 saturated carbocycles. The van der Waals surface area contributed by atoms with E-state index in [1.807, 2.05) is 12.3 Å². The fraction of sp³-hybridized carbons (Fsp3) is 0.235. The third-order valence-electron chi connectivity index (χ3n) is 4.45. The fourth-order valence-corrected chi connectivity index (χ4v) is 4.37. The maximum atomic E-state index is 6.16. The summed E-state index contributed by atoms with van der Waals surface area (Å²) in [6.07, 6.45) is 5.90. The SMILES string of the molecule is Cc1ccc2c(oc3ccncc32)c1N1C=C[Si](C)[C@@H]1C. The summed E-state index contributed by atoms with van der Waals surface area (Å²) in [7, 11) is -0.453. The van der Waals surface area contributed by atoms with Gasteiger partial charge in [0.2, 0.25) is 0 Å². The Hall–Kier alpha value is -2.07. The van der Waals surface area contributed by atoms with E-state index in [1.54, 1.807) is 6.20 Å². The number of hydrogen-bond donors (Lipinski definition) is 0. The van der Waals surface area contributed by atoms with Crippen molar-refractivity contribution in [1.29, 1.82) is 0 Å². The van der Waals surface area contributed by atoms with E-state index in [2.05, 4.69) is 54.3 Å². The van der Waals surface area contributed by atoms with Gasteiger partial charge in [-0.25, -0.2) is 0 Å². The van der Waals surface area contributed by atoms with Crippen LogP contribution in [0, 0.1) is 6.92 Å². The molecule has 3 nitrogen and oxygen atoms in total. The smallest absolute Gasteiger partial charge is 0.159 e. The van der Waals surface area contributed by atoms with Gasteiger partial charge in [-0.05, 0) is 31.7 Å². The number of fused-ring (bicyclic) bond motifs is 3. The Kier molecular flexibility index (Phi) is 2.69. The topological polar surface area (TPSA) is 29.3 Å². The number of benzene rings is 1. The molecule has 3 aromatic rings. The van der Waals surface area contributed by atoms with E-state index in [0.29, 0.717) is 5.67 Å². The van der Waals surface area contributed by atoms with Gasteiger partial charge >= 0.3 is 0 Å². The monoisotopic (exact) mass is 293 g/mol. The minimum absolute atomic E-state index is 0.453. The highest BCUT2D eigenvalue weighted by molar-refractivity contribution is 6.66. The highest BCUT2D eigenvalue weighted by atomic mass is 28.3. The first-order valence-corrected chi connectivity index (χ1v) is 9.38. The largest absolute Gasteiger partial charge is 0.454 e. The first-order chi connectivity index (χ1) is 10.2. The van der Waals surface area contributed by atoms with Gasteiger partial charge in [-0.15, -0.1) is 0 Å². The molecule has 3 heterocycles. The Balaban J connectivity index is 2.04. The molecule has 21 heavy (non-hydrogen) atoms. The zero-order valence-corrected chi connectivity index (χ0v) is 13.4. The van der Waals surface area contributed by atoms with Crippen LogP contribution in [-0.2, 0) is 0 Å². The minimum atomic E-state index is -0.453. The predicted molar refractivity (Wildman–Crippen MR) is 89.0 cm³/mol. The zero-order chi connectivity index (χ0) is 14.6. The summed E-state index contributed by atoms with van der Waals surface area (Å²) < 4.78 is 6.16. The number of furan rings is 1. The van der Waals surface area contributed by atoms with Crippen molar-refractivity contribution in [3.05, 3.63) is 48.1 Å². The van der Waals surface area contributed by atoms with Crippen LogP contribution in [0.25, 0.3) is 21.9 Å². The average Bonchev–Trinajstić information content (AvgIpc) is 3.01. The highest BCUT2D eigenvalue weighted by Gasteiger charge is 2.27. The van der Waals surface area contributed by atoms with E-state index >= 15 is 0 Å². The van der Waals surface area contributed by atoms with Crippen molar-refractivity contribution in [3.8, 4) is 0 Å². The van der Waals surface area contributed by atoms with Gasteiger partial charge in [-0.3, -0.25) is 4.98 Å². The van der Waals surface area contributed by atoms with Gasteiger partial charge in [0.1, 0.15) is 14.4 Å². The van der Waals surface area contributed by atoms with Crippen LogP contribution in [-0.4, -0.2) is 19.4 Å². The number of pyridine rings is 1. The molecule has 0 aliphatic carbocycles. The first kappa shape index (κ1) is 12.7.